The molecule has 1 aliphatic heterocycles. The number of guanidine groups is 1. The number of hydrogen-bond donors (Lipinski definition) is 2. The summed E-state index contributed by atoms with van der Waals surface area (Å²) in [5.41, 5.74) is 0.939. The first-order valence-corrected chi connectivity index (χ1v) is 6.64. The van der Waals surface area contributed by atoms with Crippen LogP contribution in [-0.4, -0.2) is 18.0 Å². The standard InChI is InChI=1S/C14H18FN3.ClH/c15-11-5-3-4-10(8-11)9-16-14-17-12-6-1-2-7-13(12)18-14;/h3-5,8,12-13H,1-2,6-7,9H2,(H2,16,17,18);1H/t12-,13+;. The molecule has 0 saturated heterocycles. The fraction of sp³-hybridized carbons (Fsp3) is 0.500. The first-order valence-electron chi connectivity index (χ1n) is 6.64. The highest BCUT2D eigenvalue weighted by molar-refractivity contribution is 5.85. The van der Waals surface area contributed by atoms with Crippen LogP contribution in [0.3, 0.4) is 0 Å². The summed E-state index contributed by atoms with van der Waals surface area (Å²) >= 11 is 0. The van der Waals surface area contributed by atoms with Crippen LogP contribution in [0, 0.1) is 5.82 Å². The molecule has 1 saturated carbocycles. The van der Waals surface area contributed by atoms with E-state index in [0.717, 1.165) is 11.5 Å². The van der Waals surface area contributed by atoms with Gasteiger partial charge < -0.3 is 10.6 Å². The van der Waals surface area contributed by atoms with Crippen LogP contribution in [0.2, 0.25) is 0 Å². The molecule has 0 unspecified atom stereocenters. The molecule has 1 aromatic rings. The Hall–Kier alpha value is -1.29. The lowest BCUT2D eigenvalue weighted by molar-refractivity contribution is 0.384. The van der Waals surface area contributed by atoms with E-state index in [1.54, 1.807) is 12.1 Å². The summed E-state index contributed by atoms with van der Waals surface area (Å²) in [6, 6.07) is 7.61. The molecule has 0 bridgehead atoms. The van der Waals surface area contributed by atoms with Gasteiger partial charge in [0.2, 0.25) is 0 Å². The zero-order valence-electron chi connectivity index (χ0n) is 10.7. The molecule has 0 radical (unpaired) electrons. The lowest BCUT2D eigenvalue weighted by Gasteiger charge is -2.23. The molecule has 3 rings (SSSR count). The summed E-state index contributed by atoms with van der Waals surface area (Å²) in [4.78, 5) is 4.65. The summed E-state index contributed by atoms with van der Waals surface area (Å²) in [5.74, 6) is 0.681. The summed E-state index contributed by atoms with van der Waals surface area (Å²) in [7, 11) is 0. The van der Waals surface area contributed by atoms with Crippen molar-refractivity contribution in [2.24, 2.45) is 4.99 Å². The third-order valence-electron chi connectivity index (χ3n) is 3.70. The summed E-state index contributed by atoms with van der Waals surface area (Å²) in [6.07, 6.45) is 4.96. The Morgan fingerprint density at radius 1 is 1.32 bits per heavy atom. The fourth-order valence-electron chi connectivity index (χ4n) is 2.74. The molecule has 0 aromatic heterocycles. The Balaban J connectivity index is 0.00000133. The van der Waals surface area contributed by atoms with Crippen molar-refractivity contribution in [1.82, 2.24) is 10.6 Å². The molecule has 1 fully saturated rings. The minimum Gasteiger partial charge on any atom is -0.352 e. The van der Waals surface area contributed by atoms with E-state index in [0.29, 0.717) is 18.6 Å². The Morgan fingerprint density at radius 3 is 2.95 bits per heavy atom. The van der Waals surface area contributed by atoms with Gasteiger partial charge in [-0.15, -0.1) is 12.4 Å². The third kappa shape index (κ3) is 3.38. The van der Waals surface area contributed by atoms with Crippen LogP contribution >= 0.6 is 12.4 Å². The number of nitrogens with zero attached hydrogens (tertiary/aromatic N) is 1. The number of aliphatic imine (C=N–C) groups is 1. The molecular formula is C14H19ClFN3. The number of benzene rings is 1. The van der Waals surface area contributed by atoms with Crippen LogP contribution < -0.4 is 10.6 Å². The Bertz CT molecular complexity index is 464. The van der Waals surface area contributed by atoms with Gasteiger partial charge in [0.25, 0.3) is 0 Å². The van der Waals surface area contributed by atoms with Crippen molar-refractivity contribution >= 4 is 18.4 Å². The largest absolute Gasteiger partial charge is 0.352 e. The van der Waals surface area contributed by atoms with Gasteiger partial charge in [-0.25, -0.2) is 9.38 Å². The maximum Gasteiger partial charge on any atom is 0.192 e. The summed E-state index contributed by atoms with van der Waals surface area (Å²) < 4.78 is 13.0. The molecule has 1 aromatic carbocycles. The van der Waals surface area contributed by atoms with Crippen molar-refractivity contribution in [3.05, 3.63) is 35.6 Å². The van der Waals surface area contributed by atoms with Gasteiger partial charge in [0.05, 0.1) is 12.1 Å². The SMILES string of the molecule is Cl.Fc1cccc(CNC2=N[C@@H]3CCCC[C@@H]3N2)c1. The maximum atomic E-state index is 13.0. The Kier molecular flexibility index (Phi) is 4.64. The third-order valence-corrected chi connectivity index (χ3v) is 3.70. The van der Waals surface area contributed by atoms with E-state index in [2.05, 4.69) is 15.6 Å². The molecule has 19 heavy (non-hydrogen) atoms. The van der Waals surface area contributed by atoms with Crippen molar-refractivity contribution in [3.8, 4) is 0 Å². The van der Waals surface area contributed by atoms with Crippen molar-refractivity contribution < 1.29 is 4.39 Å². The quantitative estimate of drug-likeness (QED) is 0.875. The topological polar surface area (TPSA) is 36.4 Å². The number of halogens is 2. The molecule has 1 aliphatic carbocycles. The monoisotopic (exact) mass is 283 g/mol. The van der Waals surface area contributed by atoms with E-state index in [1.165, 1.54) is 31.7 Å². The van der Waals surface area contributed by atoms with Crippen LogP contribution in [0.4, 0.5) is 4.39 Å². The maximum absolute atomic E-state index is 13.0. The normalized spacial score (nSPS) is 24.8. The van der Waals surface area contributed by atoms with Crippen LogP contribution in [0.15, 0.2) is 29.3 Å². The van der Waals surface area contributed by atoms with Gasteiger partial charge in [-0.3, -0.25) is 0 Å². The van der Waals surface area contributed by atoms with Crippen molar-refractivity contribution in [1.29, 1.82) is 0 Å². The number of rotatable bonds is 2. The average molecular weight is 284 g/mol. The highest BCUT2D eigenvalue weighted by Crippen LogP contribution is 2.24. The smallest absolute Gasteiger partial charge is 0.192 e. The van der Waals surface area contributed by atoms with E-state index in [-0.39, 0.29) is 18.2 Å². The van der Waals surface area contributed by atoms with Crippen LogP contribution in [-0.2, 0) is 6.54 Å². The molecule has 0 spiro atoms. The van der Waals surface area contributed by atoms with E-state index in [4.69, 9.17) is 0 Å². The highest BCUT2D eigenvalue weighted by Gasteiger charge is 2.30. The molecule has 104 valence electrons. The van der Waals surface area contributed by atoms with E-state index < -0.39 is 0 Å². The number of nitrogens with one attached hydrogen (secondary N) is 2. The van der Waals surface area contributed by atoms with Gasteiger partial charge in [-0.1, -0.05) is 25.0 Å². The second-order valence-corrected chi connectivity index (χ2v) is 5.06. The van der Waals surface area contributed by atoms with Gasteiger partial charge in [0.15, 0.2) is 5.96 Å². The fourth-order valence-corrected chi connectivity index (χ4v) is 2.74. The Labute approximate surface area is 119 Å². The highest BCUT2D eigenvalue weighted by atomic mass is 35.5. The van der Waals surface area contributed by atoms with Crippen LogP contribution in [0.1, 0.15) is 31.2 Å². The summed E-state index contributed by atoms with van der Waals surface area (Å²) in [5, 5.41) is 6.68. The lowest BCUT2D eigenvalue weighted by atomic mass is 9.92. The van der Waals surface area contributed by atoms with E-state index in [1.807, 2.05) is 6.07 Å². The zero-order chi connectivity index (χ0) is 12.4. The first-order chi connectivity index (χ1) is 8.81. The molecule has 2 aliphatic rings. The molecule has 2 atom stereocenters. The number of hydrogen-bond acceptors (Lipinski definition) is 3. The first kappa shape index (κ1) is 14.1. The lowest BCUT2D eigenvalue weighted by Crippen LogP contribution is -2.41. The predicted molar refractivity (Wildman–Crippen MR) is 77.1 cm³/mol. The zero-order valence-corrected chi connectivity index (χ0v) is 11.5. The number of fused-ring (bicyclic) bond motifs is 1. The van der Waals surface area contributed by atoms with Crippen LogP contribution in [0.5, 0.6) is 0 Å². The van der Waals surface area contributed by atoms with Crippen molar-refractivity contribution in [2.75, 3.05) is 0 Å². The molecule has 3 nitrogen and oxygen atoms in total. The minimum atomic E-state index is -0.190. The average Bonchev–Trinajstić information content (AvgIpc) is 2.79. The van der Waals surface area contributed by atoms with Crippen LogP contribution in [0.25, 0.3) is 0 Å². The Morgan fingerprint density at radius 2 is 2.16 bits per heavy atom. The minimum absolute atomic E-state index is 0. The van der Waals surface area contributed by atoms with Gasteiger partial charge >= 0.3 is 0 Å². The molecule has 1 heterocycles. The van der Waals surface area contributed by atoms with Gasteiger partial charge in [0, 0.05) is 6.54 Å². The van der Waals surface area contributed by atoms with Crippen molar-refractivity contribution in [2.45, 2.75) is 44.3 Å². The second-order valence-electron chi connectivity index (χ2n) is 5.06. The van der Waals surface area contributed by atoms with Gasteiger partial charge in [0.1, 0.15) is 5.82 Å². The predicted octanol–water partition coefficient (Wildman–Crippen LogP) is 2.61. The molecule has 5 heteroatoms. The second kappa shape index (κ2) is 6.24. The molecular weight excluding hydrogens is 265 g/mol. The summed E-state index contributed by atoms with van der Waals surface area (Å²) in [6.45, 7) is 0.614. The van der Waals surface area contributed by atoms with E-state index >= 15 is 0 Å². The van der Waals surface area contributed by atoms with Gasteiger partial charge in [-0.2, -0.15) is 0 Å². The van der Waals surface area contributed by atoms with Crippen molar-refractivity contribution in [3.63, 3.8) is 0 Å². The molecule has 2 N–H and O–H groups in total. The molecule has 0 amide bonds. The van der Waals surface area contributed by atoms with Gasteiger partial charge in [-0.05, 0) is 30.5 Å². The van der Waals surface area contributed by atoms with E-state index in [9.17, 15) is 4.39 Å².